The van der Waals surface area contributed by atoms with Crippen molar-refractivity contribution < 1.29 is 22.3 Å². The summed E-state index contributed by atoms with van der Waals surface area (Å²) in [4.78, 5) is 3.15. The predicted octanol–water partition coefficient (Wildman–Crippen LogP) is 2.75. The number of alkyl halides is 3. The second-order valence-electron chi connectivity index (χ2n) is 2.26. The summed E-state index contributed by atoms with van der Waals surface area (Å²) in [5, 5.41) is 8.43. The highest BCUT2D eigenvalue weighted by molar-refractivity contribution is 9.10. The standard InChI is InChI=1S/C7HBrF4N2O/c8-5-3(9)2-14-4(1-13)6(5)15-7(10,11)12/h2H. The molecule has 0 aliphatic heterocycles. The molecule has 0 radical (unpaired) electrons. The molecular weight excluding hydrogens is 284 g/mol. The third kappa shape index (κ3) is 2.79. The maximum absolute atomic E-state index is 12.8. The minimum atomic E-state index is -5.01. The highest BCUT2D eigenvalue weighted by Gasteiger charge is 2.34. The molecule has 0 saturated heterocycles. The first-order valence-corrected chi connectivity index (χ1v) is 4.14. The van der Waals surface area contributed by atoms with E-state index in [1.807, 2.05) is 0 Å². The summed E-state index contributed by atoms with van der Waals surface area (Å²) >= 11 is 2.53. The van der Waals surface area contributed by atoms with Crippen molar-refractivity contribution in [3.63, 3.8) is 0 Å². The maximum atomic E-state index is 12.8. The molecule has 0 amide bonds. The zero-order chi connectivity index (χ0) is 11.6. The molecule has 15 heavy (non-hydrogen) atoms. The van der Waals surface area contributed by atoms with Crippen LogP contribution in [-0.4, -0.2) is 11.3 Å². The molecule has 0 saturated carbocycles. The van der Waals surface area contributed by atoms with Crippen LogP contribution in [0.2, 0.25) is 0 Å². The van der Waals surface area contributed by atoms with Crippen LogP contribution in [0, 0.1) is 17.1 Å². The van der Waals surface area contributed by atoms with Gasteiger partial charge in [0.05, 0.1) is 6.20 Å². The molecular formula is C7HBrF4N2O. The monoisotopic (exact) mass is 284 g/mol. The lowest BCUT2D eigenvalue weighted by molar-refractivity contribution is -0.275. The number of aromatic nitrogens is 1. The van der Waals surface area contributed by atoms with Crippen molar-refractivity contribution in [2.24, 2.45) is 0 Å². The van der Waals surface area contributed by atoms with Crippen molar-refractivity contribution in [2.75, 3.05) is 0 Å². The molecule has 0 bridgehead atoms. The number of ether oxygens (including phenoxy) is 1. The third-order valence-electron chi connectivity index (χ3n) is 1.25. The first-order chi connectivity index (χ1) is 6.85. The fourth-order valence-electron chi connectivity index (χ4n) is 0.737. The largest absolute Gasteiger partial charge is 0.573 e. The fourth-order valence-corrected chi connectivity index (χ4v) is 1.11. The Morgan fingerprint density at radius 1 is 1.47 bits per heavy atom. The van der Waals surface area contributed by atoms with Crippen LogP contribution in [-0.2, 0) is 0 Å². The van der Waals surface area contributed by atoms with Gasteiger partial charge in [0.1, 0.15) is 10.5 Å². The van der Waals surface area contributed by atoms with Gasteiger partial charge in [-0.15, -0.1) is 13.2 Å². The number of halogens is 5. The van der Waals surface area contributed by atoms with E-state index in [9.17, 15) is 17.6 Å². The summed E-state index contributed by atoms with van der Waals surface area (Å²) < 4.78 is 51.3. The molecule has 3 nitrogen and oxygen atoms in total. The Bertz CT molecular complexity index is 426. The van der Waals surface area contributed by atoms with Crippen LogP contribution in [0.1, 0.15) is 5.69 Å². The minimum absolute atomic E-state index is 0.591. The lowest BCUT2D eigenvalue weighted by Crippen LogP contribution is -2.18. The van der Waals surface area contributed by atoms with E-state index in [1.165, 1.54) is 6.07 Å². The molecule has 1 aromatic heterocycles. The molecule has 80 valence electrons. The van der Waals surface area contributed by atoms with Crippen LogP contribution in [0.5, 0.6) is 5.75 Å². The first-order valence-electron chi connectivity index (χ1n) is 3.35. The lowest BCUT2D eigenvalue weighted by atomic mass is 10.3. The van der Waals surface area contributed by atoms with E-state index in [0.717, 1.165) is 0 Å². The van der Waals surface area contributed by atoms with Crippen LogP contribution >= 0.6 is 15.9 Å². The molecule has 0 unspecified atom stereocenters. The van der Waals surface area contributed by atoms with Gasteiger partial charge in [-0.3, -0.25) is 0 Å². The average Bonchev–Trinajstić information content (AvgIpc) is 2.11. The van der Waals surface area contributed by atoms with Gasteiger partial charge >= 0.3 is 6.36 Å². The van der Waals surface area contributed by atoms with Gasteiger partial charge in [0.15, 0.2) is 17.3 Å². The van der Waals surface area contributed by atoms with E-state index in [0.29, 0.717) is 6.20 Å². The van der Waals surface area contributed by atoms with Gasteiger partial charge in [-0.1, -0.05) is 0 Å². The molecule has 0 spiro atoms. The van der Waals surface area contributed by atoms with Crippen molar-refractivity contribution in [1.82, 2.24) is 4.98 Å². The van der Waals surface area contributed by atoms with Crippen LogP contribution in [0.4, 0.5) is 17.6 Å². The number of hydrogen-bond donors (Lipinski definition) is 0. The molecule has 0 atom stereocenters. The summed E-state index contributed by atoms with van der Waals surface area (Å²) in [5.74, 6) is -2.03. The van der Waals surface area contributed by atoms with Gasteiger partial charge in [-0.2, -0.15) is 5.26 Å². The zero-order valence-electron chi connectivity index (χ0n) is 6.77. The van der Waals surface area contributed by atoms with Gasteiger partial charge in [0, 0.05) is 0 Å². The maximum Gasteiger partial charge on any atom is 0.573 e. The van der Waals surface area contributed by atoms with Gasteiger partial charge in [0.25, 0.3) is 0 Å². The minimum Gasteiger partial charge on any atom is -0.401 e. The second-order valence-corrected chi connectivity index (χ2v) is 3.05. The van der Waals surface area contributed by atoms with Crippen molar-refractivity contribution in [1.29, 1.82) is 5.26 Å². The molecule has 0 N–H and O–H groups in total. The van der Waals surface area contributed by atoms with E-state index in [2.05, 4.69) is 25.7 Å². The number of hydrogen-bond acceptors (Lipinski definition) is 3. The Morgan fingerprint density at radius 3 is 2.53 bits per heavy atom. The first kappa shape index (κ1) is 11.7. The van der Waals surface area contributed by atoms with E-state index in [4.69, 9.17) is 5.26 Å². The quantitative estimate of drug-likeness (QED) is 0.745. The van der Waals surface area contributed by atoms with Crippen molar-refractivity contribution in [2.45, 2.75) is 6.36 Å². The Balaban J connectivity index is 3.26. The normalized spacial score (nSPS) is 10.9. The number of rotatable bonds is 1. The van der Waals surface area contributed by atoms with Gasteiger partial charge in [-0.25, -0.2) is 9.37 Å². The van der Waals surface area contributed by atoms with E-state index in [1.54, 1.807) is 0 Å². The summed E-state index contributed by atoms with van der Waals surface area (Å²) in [6.45, 7) is 0. The third-order valence-corrected chi connectivity index (χ3v) is 1.99. The molecule has 0 aliphatic carbocycles. The second kappa shape index (κ2) is 4.02. The fraction of sp³-hybridized carbons (Fsp3) is 0.143. The molecule has 8 heteroatoms. The van der Waals surface area contributed by atoms with Gasteiger partial charge in [-0.05, 0) is 15.9 Å². The highest BCUT2D eigenvalue weighted by Crippen LogP contribution is 2.33. The Morgan fingerprint density at radius 2 is 2.07 bits per heavy atom. The van der Waals surface area contributed by atoms with Crippen LogP contribution in [0.3, 0.4) is 0 Å². The summed E-state index contributed by atoms with van der Waals surface area (Å²) in [6.07, 6.45) is -4.39. The Labute approximate surface area is 89.4 Å². The Hall–Kier alpha value is -1.36. The lowest BCUT2D eigenvalue weighted by Gasteiger charge is -2.11. The number of nitrogens with zero attached hydrogens (tertiary/aromatic N) is 2. The van der Waals surface area contributed by atoms with Gasteiger partial charge in [0.2, 0.25) is 0 Å². The van der Waals surface area contributed by atoms with Crippen molar-refractivity contribution in [3.8, 4) is 11.8 Å². The van der Waals surface area contributed by atoms with Crippen molar-refractivity contribution in [3.05, 3.63) is 22.2 Å². The number of nitriles is 1. The molecule has 0 fully saturated rings. The van der Waals surface area contributed by atoms with Crippen molar-refractivity contribution >= 4 is 15.9 Å². The topological polar surface area (TPSA) is 45.9 Å². The predicted molar refractivity (Wildman–Crippen MR) is 43.3 cm³/mol. The smallest absolute Gasteiger partial charge is 0.401 e. The number of pyridine rings is 1. The van der Waals surface area contributed by atoms with Crippen LogP contribution < -0.4 is 4.74 Å². The average molecular weight is 285 g/mol. The SMILES string of the molecule is N#Cc1ncc(F)c(Br)c1OC(F)(F)F. The molecule has 1 aromatic rings. The summed E-state index contributed by atoms with van der Waals surface area (Å²) in [6, 6.07) is 1.35. The molecule has 1 rings (SSSR count). The summed E-state index contributed by atoms with van der Waals surface area (Å²) in [5.41, 5.74) is -0.652. The van der Waals surface area contributed by atoms with Crippen LogP contribution in [0.15, 0.2) is 10.7 Å². The van der Waals surface area contributed by atoms with Gasteiger partial charge < -0.3 is 4.74 Å². The van der Waals surface area contributed by atoms with Crippen LogP contribution in [0.25, 0.3) is 0 Å². The molecule has 1 heterocycles. The summed E-state index contributed by atoms with van der Waals surface area (Å²) in [7, 11) is 0. The van der Waals surface area contributed by atoms with E-state index >= 15 is 0 Å². The highest BCUT2D eigenvalue weighted by atomic mass is 79.9. The zero-order valence-corrected chi connectivity index (χ0v) is 8.36. The van der Waals surface area contributed by atoms with E-state index in [-0.39, 0.29) is 0 Å². The molecule has 0 aromatic carbocycles. The van der Waals surface area contributed by atoms with E-state index < -0.39 is 28.1 Å². The Kier molecular flexibility index (Phi) is 3.14. The molecule has 0 aliphatic rings.